The van der Waals surface area contributed by atoms with Crippen LogP contribution in [0.5, 0.6) is 0 Å². The van der Waals surface area contributed by atoms with Gasteiger partial charge in [0.25, 0.3) is 0 Å². The van der Waals surface area contributed by atoms with Crippen LogP contribution in [-0.2, 0) is 17.4 Å². The molecule has 0 atom stereocenters. The normalized spacial score (nSPS) is 12.3. The molecule has 100 valence electrons. The van der Waals surface area contributed by atoms with Gasteiger partial charge in [-0.1, -0.05) is 32.0 Å². The van der Waals surface area contributed by atoms with Gasteiger partial charge in [0, 0.05) is 12.5 Å². The first-order valence-electron chi connectivity index (χ1n) is 5.55. The number of nitrogens with one attached hydrogen (secondary N) is 1. The maximum absolute atomic E-state index is 12.5. The molecule has 0 radical (unpaired) electrons. The van der Waals surface area contributed by atoms with Crippen LogP contribution >= 0.6 is 0 Å². The number of carbonyl (C=O) groups is 1. The largest absolute Gasteiger partial charge is 0.416 e. The molecular formula is C13H16F3NO. The van der Waals surface area contributed by atoms with Gasteiger partial charge in [-0.3, -0.25) is 4.79 Å². The van der Waals surface area contributed by atoms with E-state index in [4.69, 9.17) is 0 Å². The Morgan fingerprint density at radius 1 is 1.28 bits per heavy atom. The van der Waals surface area contributed by atoms with Crippen molar-refractivity contribution >= 4 is 5.91 Å². The quantitative estimate of drug-likeness (QED) is 0.888. The van der Waals surface area contributed by atoms with Crippen LogP contribution in [0.15, 0.2) is 24.3 Å². The van der Waals surface area contributed by atoms with E-state index in [1.165, 1.54) is 13.1 Å². The summed E-state index contributed by atoms with van der Waals surface area (Å²) in [4.78, 5) is 11.6. The molecule has 5 heteroatoms. The second-order valence-corrected chi connectivity index (χ2v) is 4.84. The molecule has 1 amide bonds. The van der Waals surface area contributed by atoms with Crippen molar-refractivity contribution in [2.75, 3.05) is 7.05 Å². The number of carbonyl (C=O) groups excluding carboxylic acids is 1. The van der Waals surface area contributed by atoms with Crippen molar-refractivity contribution in [3.63, 3.8) is 0 Å². The Balaban J connectivity index is 2.96. The molecular weight excluding hydrogens is 243 g/mol. The van der Waals surface area contributed by atoms with Crippen molar-refractivity contribution in [2.45, 2.75) is 26.4 Å². The number of halogens is 3. The van der Waals surface area contributed by atoms with Gasteiger partial charge in [-0.05, 0) is 18.1 Å². The average Bonchev–Trinajstić information content (AvgIpc) is 2.26. The van der Waals surface area contributed by atoms with Gasteiger partial charge in [0.1, 0.15) is 0 Å². The maximum Gasteiger partial charge on any atom is 0.416 e. The third-order valence-electron chi connectivity index (χ3n) is 2.74. The smallest absolute Gasteiger partial charge is 0.359 e. The molecule has 1 rings (SSSR count). The Morgan fingerprint density at radius 3 is 2.39 bits per heavy atom. The molecule has 0 heterocycles. The fourth-order valence-corrected chi connectivity index (χ4v) is 1.79. The predicted molar refractivity (Wildman–Crippen MR) is 63.0 cm³/mol. The summed E-state index contributed by atoms with van der Waals surface area (Å²) in [5.74, 6) is -0.195. The third kappa shape index (κ3) is 3.48. The van der Waals surface area contributed by atoms with E-state index >= 15 is 0 Å². The van der Waals surface area contributed by atoms with Gasteiger partial charge in [0.05, 0.1) is 5.56 Å². The van der Waals surface area contributed by atoms with Gasteiger partial charge in [-0.2, -0.15) is 13.2 Å². The second-order valence-electron chi connectivity index (χ2n) is 4.84. The SMILES string of the molecule is CNC(=O)C(C)(C)Cc1cccc(C(F)(F)F)c1. The topological polar surface area (TPSA) is 29.1 Å². The van der Waals surface area contributed by atoms with Crippen molar-refractivity contribution in [2.24, 2.45) is 5.41 Å². The van der Waals surface area contributed by atoms with Gasteiger partial charge < -0.3 is 5.32 Å². The lowest BCUT2D eigenvalue weighted by molar-refractivity contribution is -0.137. The molecule has 0 aliphatic carbocycles. The van der Waals surface area contributed by atoms with Crippen molar-refractivity contribution in [3.05, 3.63) is 35.4 Å². The number of alkyl halides is 3. The number of hydrogen-bond acceptors (Lipinski definition) is 1. The maximum atomic E-state index is 12.5. The Morgan fingerprint density at radius 2 is 1.89 bits per heavy atom. The molecule has 0 saturated carbocycles. The molecule has 0 bridgehead atoms. The summed E-state index contributed by atoms with van der Waals surface area (Å²) in [6, 6.07) is 5.07. The fourth-order valence-electron chi connectivity index (χ4n) is 1.79. The van der Waals surface area contributed by atoms with Crippen LogP contribution in [-0.4, -0.2) is 13.0 Å². The van der Waals surface area contributed by atoms with Gasteiger partial charge >= 0.3 is 6.18 Å². The number of rotatable bonds is 3. The Labute approximate surface area is 104 Å². The summed E-state index contributed by atoms with van der Waals surface area (Å²) in [5, 5.41) is 2.51. The van der Waals surface area contributed by atoms with Crippen LogP contribution in [0.1, 0.15) is 25.0 Å². The van der Waals surface area contributed by atoms with Gasteiger partial charge in [0.2, 0.25) is 5.91 Å². The zero-order chi connectivity index (χ0) is 14.0. The highest BCUT2D eigenvalue weighted by atomic mass is 19.4. The van der Waals surface area contributed by atoms with Crippen LogP contribution in [0.25, 0.3) is 0 Å². The van der Waals surface area contributed by atoms with Gasteiger partial charge in [-0.25, -0.2) is 0 Å². The summed E-state index contributed by atoms with van der Waals surface area (Å²) in [6.07, 6.45) is -4.09. The standard InChI is InChI=1S/C13H16F3NO/c1-12(2,11(18)17-3)8-9-5-4-6-10(7-9)13(14,15)16/h4-7H,8H2,1-3H3,(H,17,18). The summed E-state index contributed by atoms with van der Waals surface area (Å²) in [5.41, 5.74) is -0.926. The minimum Gasteiger partial charge on any atom is -0.359 e. The third-order valence-corrected chi connectivity index (χ3v) is 2.74. The first-order valence-corrected chi connectivity index (χ1v) is 5.55. The van der Waals surface area contributed by atoms with E-state index in [2.05, 4.69) is 5.32 Å². The highest BCUT2D eigenvalue weighted by Gasteiger charge is 2.32. The molecule has 18 heavy (non-hydrogen) atoms. The summed E-state index contributed by atoms with van der Waals surface area (Å²) in [6.45, 7) is 3.40. The molecule has 1 aromatic carbocycles. The predicted octanol–water partition coefficient (Wildman–Crippen LogP) is 3.02. The van der Waals surface area contributed by atoms with E-state index in [1.54, 1.807) is 19.9 Å². The summed E-state index contributed by atoms with van der Waals surface area (Å²) >= 11 is 0. The molecule has 0 fully saturated rings. The molecule has 0 aliphatic rings. The molecule has 0 saturated heterocycles. The van der Waals surface area contributed by atoms with Crippen LogP contribution < -0.4 is 5.32 Å². The molecule has 0 aromatic heterocycles. The van der Waals surface area contributed by atoms with E-state index in [9.17, 15) is 18.0 Å². The summed E-state index contributed by atoms with van der Waals surface area (Å²) in [7, 11) is 1.51. The highest BCUT2D eigenvalue weighted by molar-refractivity contribution is 5.81. The van der Waals surface area contributed by atoms with Gasteiger partial charge in [0.15, 0.2) is 0 Å². The van der Waals surface area contributed by atoms with E-state index in [-0.39, 0.29) is 12.3 Å². The monoisotopic (exact) mass is 259 g/mol. The van der Waals surface area contributed by atoms with Crippen LogP contribution in [0.2, 0.25) is 0 Å². The number of hydrogen-bond donors (Lipinski definition) is 1. The molecule has 2 nitrogen and oxygen atoms in total. The molecule has 0 spiro atoms. The first-order chi connectivity index (χ1) is 8.16. The van der Waals surface area contributed by atoms with Crippen LogP contribution in [0.3, 0.4) is 0 Å². The lowest BCUT2D eigenvalue weighted by atomic mass is 9.84. The molecule has 1 N–H and O–H groups in total. The summed E-state index contributed by atoms with van der Waals surface area (Å²) < 4.78 is 37.6. The molecule has 1 aromatic rings. The van der Waals surface area contributed by atoms with Crippen LogP contribution in [0, 0.1) is 5.41 Å². The Bertz CT molecular complexity index is 438. The van der Waals surface area contributed by atoms with Crippen molar-refractivity contribution in [1.29, 1.82) is 0 Å². The van der Waals surface area contributed by atoms with Crippen molar-refractivity contribution in [3.8, 4) is 0 Å². The van der Waals surface area contributed by atoms with Crippen LogP contribution in [0.4, 0.5) is 13.2 Å². The fraction of sp³-hybridized carbons (Fsp3) is 0.462. The minimum atomic E-state index is -4.35. The van der Waals surface area contributed by atoms with E-state index in [0.717, 1.165) is 12.1 Å². The first kappa shape index (κ1) is 14.5. The second kappa shape index (κ2) is 5.00. The van der Waals surface area contributed by atoms with Crippen molar-refractivity contribution in [1.82, 2.24) is 5.32 Å². The average molecular weight is 259 g/mol. The minimum absolute atomic E-state index is 0.195. The Kier molecular flexibility index (Phi) is 4.04. The van der Waals surface area contributed by atoms with Gasteiger partial charge in [-0.15, -0.1) is 0 Å². The van der Waals surface area contributed by atoms with E-state index < -0.39 is 17.2 Å². The lowest BCUT2D eigenvalue weighted by Crippen LogP contribution is -2.36. The molecule has 0 aliphatic heterocycles. The number of amides is 1. The number of benzene rings is 1. The zero-order valence-corrected chi connectivity index (χ0v) is 10.6. The lowest BCUT2D eigenvalue weighted by Gasteiger charge is -2.23. The molecule has 0 unspecified atom stereocenters. The van der Waals surface area contributed by atoms with Crippen molar-refractivity contribution < 1.29 is 18.0 Å². The highest BCUT2D eigenvalue weighted by Crippen LogP contribution is 2.31. The zero-order valence-electron chi connectivity index (χ0n) is 10.6. The van der Waals surface area contributed by atoms with E-state index in [1.807, 2.05) is 0 Å². The van der Waals surface area contributed by atoms with E-state index in [0.29, 0.717) is 5.56 Å². The Hall–Kier alpha value is -1.52.